The minimum atomic E-state index is -3.85. The van der Waals surface area contributed by atoms with Crippen LogP contribution in [0.25, 0.3) is 0 Å². The highest BCUT2D eigenvalue weighted by molar-refractivity contribution is 7.89. The summed E-state index contributed by atoms with van der Waals surface area (Å²) >= 11 is 0. The Morgan fingerprint density at radius 3 is 2.62 bits per heavy atom. The topological polar surface area (TPSA) is 113 Å². The highest BCUT2D eigenvalue weighted by Gasteiger charge is 2.29. The number of nitrogens with zero attached hydrogens (tertiary/aromatic N) is 1. The third-order valence-corrected chi connectivity index (χ3v) is 5.19. The SMILES string of the molecule is O=C(O)CN1C(=O)COc2ccc(S(=O)(=O)NCc3ccccc3)cc21. The highest BCUT2D eigenvalue weighted by atomic mass is 32.2. The number of benzene rings is 2. The van der Waals surface area contributed by atoms with Gasteiger partial charge in [0.15, 0.2) is 6.61 Å². The molecule has 0 radical (unpaired) electrons. The summed E-state index contributed by atoms with van der Waals surface area (Å²) in [5.41, 5.74) is 0.909. The van der Waals surface area contributed by atoms with E-state index in [1.807, 2.05) is 6.07 Å². The van der Waals surface area contributed by atoms with Gasteiger partial charge in [0, 0.05) is 6.54 Å². The van der Waals surface area contributed by atoms with Gasteiger partial charge in [-0.1, -0.05) is 30.3 Å². The van der Waals surface area contributed by atoms with Gasteiger partial charge in [-0.2, -0.15) is 0 Å². The molecule has 9 heteroatoms. The van der Waals surface area contributed by atoms with E-state index in [4.69, 9.17) is 9.84 Å². The molecule has 0 spiro atoms. The Morgan fingerprint density at radius 1 is 1.19 bits per heavy atom. The number of anilines is 1. The summed E-state index contributed by atoms with van der Waals surface area (Å²) in [4.78, 5) is 23.9. The van der Waals surface area contributed by atoms with Crippen molar-refractivity contribution in [2.45, 2.75) is 11.4 Å². The van der Waals surface area contributed by atoms with Gasteiger partial charge in [0.25, 0.3) is 5.91 Å². The maximum atomic E-state index is 12.5. The van der Waals surface area contributed by atoms with Crippen LogP contribution < -0.4 is 14.4 Å². The number of amides is 1. The summed E-state index contributed by atoms with van der Waals surface area (Å²) in [7, 11) is -3.85. The molecule has 1 heterocycles. The van der Waals surface area contributed by atoms with Crippen LogP contribution in [0, 0.1) is 0 Å². The molecule has 136 valence electrons. The lowest BCUT2D eigenvalue weighted by Gasteiger charge is -2.28. The minimum Gasteiger partial charge on any atom is -0.482 e. The number of fused-ring (bicyclic) bond motifs is 1. The number of carbonyl (C=O) groups is 2. The van der Waals surface area contributed by atoms with E-state index in [1.54, 1.807) is 24.3 Å². The van der Waals surface area contributed by atoms with Gasteiger partial charge in [-0.3, -0.25) is 14.5 Å². The molecule has 1 amide bonds. The largest absolute Gasteiger partial charge is 0.482 e. The molecule has 8 nitrogen and oxygen atoms in total. The highest BCUT2D eigenvalue weighted by Crippen LogP contribution is 2.34. The predicted octanol–water partition coefficient (Wildman–Crippen LogP) is 0.975. The van der Waals surface area contributed by atoms with E-state index in [0.717, 1.165) is 10.5 Å². The Morgan fingerprint density at radius 2 is 1.92 bits per heavy atom. The maximum absolute atomic E-state index is 12.5. The van der Waals surface area contributed by atoms with Crippen LogP contribution in [0.4, 0.5) is 5.69 Å². The zero-order valence-electron chi connectivity index (χ0n) is 13.6. The summed E-state index contributed by atoms with van der Waals surface area (Å²) < 4.78 is 32.8. The summed E-state index contributed by atoms with van der Waals surface area (Å²) in [5, 5.41) is 8.98. The predicted molar refractivity (Wildman–Crippen MR) is 92.4 cm³/mol. The Kier molecular flexibility index (Phi) is 4.92. The van der Waals surface area contributed by atoms with E-state index in [0.29, 0.717) is 0 Å². The summed E-state index contributed by atoms with van der Waals surface area (Å²) in [6.07, 6.45) is 0. The molecule has 2 N–H and O–H groups in total. The van der Waals surface area contributed by atoms with E-state index in [2.05, 4.69) is 4.72 Å². The molecule has 2 aromatic carbocycles. The number of carbonyl (C=O) groups excluding carboxylic acids is 1. The van der Waals surface area contributed by atoms with Gasteiger partial charge in [0.2, 0.25) is 10.0 Å². The van der Waals surface area contributed by atoms with Crippen molar-refractivity contribution in [3.63, 3.8) is 0 Å². The molecule has 0 aromatic heterocycles. The normalized spacial score (nSPS) is 13.8. The molecule has 0 bridgehead atoms. The zero-order chi connectivity index (χ0) is 18.7. The molecular formula is C17H16N2O6S. The Balaban J connectivity index is 1.88. The fourth-order valence-electron chi connectivity index (χ4n) is 2.52. The van der Waals surface area contributed by atoms with Gasteiger partial charge in [-0.15, -0.1) is 0 Å². The lowest BCUT2D eigenvalue weighted by Crippen LogP contribution is -2.42. The van der Waals surface area contributed by atoms with Crippen LogP contribution in [-0.2, 0) is 26.2 Å². The second-order valence-corrected chi connectivity index (χ2v) is 7.37. The summed E-state index contributed by atoms with van der Waals surface area (Å²) in [6.45, 7) is -0.761. The second kappa shape index (κ2) is 7.14. The number of hydrogen-bond donors (Lipinski definition) is 2. The number of aliphatic carboxylic acids is 1. The molecule has 0 aliphatic carbocycles. The Labute approximate surface area is 150 Å². The molecule has 0 fully saturated rings. The molecule has 2 aromatic rings. The van der Waals surface area contributed by atoms with Crippen molar-refractivity contribution in [2.75, 3.05) is 18.1 Å². The van der Waals surface area contributed by atoms with E-state index in [1.165, 1.54) is 18.2 Å². The number of ether oxygens (including phenoxy) is 1. The molecular weight excluding hydrogens is 360 g/mol. The van der Waals surface area contributed by atoms with Gasteiger partial charge in [-0.25, -0.2) is 13.1 Å². The zero-order valence-corrected chi connectivity index (χ0v) is 14.4. The van der Waals surface area contributed by atoms with E-state index >= 15 is 0 Å². The van der Waals surface area contributed by atoms with E-state index < -0.39 is 28.4 Å². The smallest absolute Gasteiger partial charge is 0.323 e. The molecule has 0 saturated heterocycles. The molecule has 26 heavy (non-hydrogen) atoms. The average Bonchev–Trinajstić information content (AvgIpc) is 2.63. The first-order valence-electron chi connectivity index (χ1n) is 7.69. The van der Waals surface area contributed by atoms with Crippen LogP contribution >= 0.6 is 0 Å². The molecule has 3 rings (SSSR count). The van der Waals surface area contributed by atoms with Gasteiger partial charge < -0.3 is 9.84 Å². The Bertz CT molecular complexity index is 943. The molecule has 0 atom stereocenters. The van der Waals surface area contributed by atoms with Crippen LogP contribution in [0.1, 0.15) is 5.56 Å². The van der Waals surface area contributed by atoms with Crippen LogP contribution in [0.3, 0.4) is 0 Å². The summed E-state index contributed by atoms with van der Waals surface area (Å²) in [5.74, 6) is -1.50. The fourth-order valence-corrected chi connectivity index (χ4v) is 3.55. The van der Waals surface area contributed by atoms with Gasteiger partial charge in [-0.05, 0) is 23.8 Å². The van der Waals surface area contributed by atoms with Crippen molar-refractivity contribution in [1.82, 2.24) is 4.72 Å². The average molecular weight is 376 g/mol. The van der Waals surface area contributed by atoms with Crippen LogP contribution in [-0.4, -0.2) is 38.6 Å². The maximum Gasteiger partial charge on any atom is 0.323 e. The lowest BCUT2D eigenvalue weighted by molar-refractivity contribution is -0.137. The fraction of sp³-hybridized carbons (Fsp3) is 0.176. The van der Waals surface area contributed by atoms with Crippen molar-refractivity contribution in [3.8, 4) is 5.75 Å². The Hall–Kier alpha value is -2.91. The number of carboxylic acid groups (broad SMARTS) is 1. The first-order chi connectivity index (χ1) is 12.4. The molecule has 1 aliphatic rings. The van der Waals surface area contributed by atoms with E-state index in [-0.39, 0.29) is 29.5 Å². The monoisotopic (exact) mass is 376 g/mol. The number of hydrogen-bond acceptors (Lipinski definition) is 5. The third kappa shape index (κ3) is 3.84. The van der Waals surface area contributed by atoms with Gasteiger partial charge in [0.1, 0.15) is 12.3 Å². The molecule has 0 saturated carbocycles. The molecule has 0 unspecified atom stereocenters. The van der Waals surface area contributed by atoms with Crippen molar-refractivity contribution in [3.05, 3.63) is 54.1 Å². The quantitative estimate of drug-likeness (QED) is 0.777. The summed E-state index contributed by atoms with van der Waals surface area (Å²) in [6, 6.07) is 13.0. The first-order valence-corrected chi connectivity index (χ1v) is 9.18. The number of sulfonamides is 1. The lowest BCUT2D eigenvalue weighted by atomic mass is 10.2. The third-order valence-electron chi connectivity index (χ3n) is 3.79. The van der Waals surface area contributed by atoms with Crippen LogP contribution in [0.2, 0.25) is 0 Å². The number of carboxylic acids is 1. The van der Waals surface area contributed by atoms with Crippen molar-refractivity contribution < 1.29 is 27.9 Å². The number of nitrogens with one attached hydrogen (secondary N) is 1. The van der Waals surface area contributed by atoms with E-state index in [9.17, 15) is 18.0 Å². The minimum absolute atomic E-state index is 0.0825. The van der Waals surface area contributed by atoms with Crippen LogP contribution in [0.5, 0.6) is 5.75 Å². The first kappa shape index (κ1) is 17.9. The standard InChI is InChI=1S/C17H16N2O6S/c20-16-11-25-15-7-6-13(8-14(15)19(16)10-17(21)22)26(23,24)18-9-12-4-2-1-3-5-12/h1-8,18H,9-11H2,(H,21,22). The number of rotatable bonds is 6. The second-order valence-electron chi connectivity index (χ2n) is 5.60. The van der Waals surface area contributed by atoms with Crippen LogP contribution in [0.15, 0.2) is 53.4 Å². The molecule has 1 aliphatic heterocycles. The van der Waals surface area contributed by atoms with Crippen molar-refractivity contribution in [1.29, 1.82) is 0 Å². The van der Waals surface area contributed by atoms with Crippen molar-refractivity contribution in [2.24, 2.45) is 0 Å². The van der Waals surface area contributed by atoms with Gasteiger partial charge >= 0.3 is 5.97 Å². The van der Waals surface area contributed by atoms with Crippen molar-refractivity contribution >= 4 is 27.6 Å². The van der Waals surface area contributed by atoms with Gasteiger partial charge in [0.05, 0.1) is 10.6 Å².